The molecule has 3 N–H and O–H groups in total. The number of aliphatic carboxylic acids is 1. The quantitative estimate of drug-likeness (QED) is 0.573. The number of nitrogens with one attached hydrogen (secondary N) is 1. The summed E-state index contributed by atoms with van der Waals surface area (Å²) in [5, 5.41) is 15.8. The van der Waals surface area contributed by atoms with Gasteiger partial charge in [-0.25, -0.2) is 0 Å². The summed E-state index contributed by atoms with van der Waals surface area (Å²) in [6, 6.07) is 12.1. The Morgan fingerprint density at radius 3 is 2.27 bits per heavy atom. The van der Waals surface area contributed by atoms with Crippen LogP contribution < -0.4 is 25.2 Å². The van der Waals surface area contributed by atoms with Crippen LogP contribution in [0.25, 0.3) is 0 Å². The van der Waals surface area contributed by atoms with Crippen molar-refractivity contribution in [2.75, 3.05) is 26.1 Å². The van der Waals surface area contributed by atoms with E-state index in [1.165, 1.54) is 5.56 Å². The number of amides is 1. The van der Waals surface area contributed by atoms with Crippen LogP contribution in [0, 0.1) is 0 Å². The summed E-state index contributed by atoms with van der Waals surface area (Å²) in [5.74, 6) is 0.0409. The van der Waals surface area contributed by atoms with Crippen LogP contribution in [0.15, 0.2) is 42.5 Å². The van der Waals surface area contributed by atoms with E-state index in [-0.39, 0.29) is 12.3 Å². The van der Waals surface area contributed by atoms with Crippen molar-refractivity contribution >= 4 is 17.6 Å². The van der Waals surface area contributed by atoms with Crippen LogP contribution in [0.5, 0.6) is 11.5 Å². The predicted molar refractivity (Wildman–Crippen MR) is 113 cm³/mol. The molecule has 2 aromatic rings. The van der Waals surface area contributed by atoms with Gasteiger partial charge in [0.1, 0.15) is 6.04 Å². The molecule has 0 aromatic heterocycles. The van der Waals surface area contributed by atoms with Crippen molar-refractivity contribution < 1.29 is 29.5 Å². The van der Waals surface area contributed by atoms with E-state index in [9.17, 15) is 14.7 Å². The highest BCUT2D eigenvalue weighted by Gasteiger charge is 2.18. The predicted octanol–water partition coefficient (Wildman–Crippen LogP) is 1.08. The second-order valence-corrected chi connectivity index (χ2v) is 7.42. The average molecular weight is 415 g/mol. The summed E-state index contributed by atoms with van der Waals surface area (Å²) in [6.07, 6.45) is 0.447. The van der Waals surface area contributed by atoms with Crippen molar-refractivity contribution in [3.05, 3.63) is 53.6 Å². The molecule has 2 aromatic carbocycles. The van der Waals surface area contributed by atoms with E-state index < -0.39 is 12.0 Å². The van der Waals surface area contributed by atoms with Gasteiger partial charge in [0.25, 0.3) is 0 Å². The lowest BCUT2D eigenvalue weighted by Gasteiger charge is -2.17. The first-order chi connectivity index (χ1) is 14.3. The molecule has 0 saturated carbocycles. The van der Waals surface area contributed by atoms with Crippen LogP contribution in [0.2, 0.25) is 0 Å². The topological polar surface area (TPSA) is 104 Å². The zero-order chi connectivity index (χ0) is 22.1. The van der Waals surface area contributed by atoms with Gasteiger partial charge in [0.15, 0.2) is 11.5 Å². The van der Waals surface area contributed by atoms with E-state index in [0.29, 0.717) is 36.1 Å². The van der Waals surface area contributed by atoms with Crippen LogP contribution in [-0.4, -0.2) is 38.7 Å². The zero-order valence-electron chi connectivity index (χ0n) is 17.9. The third-order valence-electron chi connectivity index (χ3n) is 4.90. The molecular formula is C23H30N2O5. The van der Waals surface area contributed by atoms with Crippen molar-refractivity contribution in [2.24, 2.45) is 0 Å². The normalized spacial score (nSPS) is 11.8. The number of rotatable bonds is 11. The molecule has 0 saturated heterocycles. The number of hydrogen-bond acceptors (Lipinski definition) is 5. The molecule has 0 aliphatic heterocycles. The van der Waals surface area contributed by atoms with Crippen LogP contribution in [0.4, 0.5) is 5.69 Å². The first-order valence-electron chi connectivity index (χ1n) is 9.99. The molecule has 7 nitrogen and oxygen atoms in total. The fraction of sp³-hybridized carbons (Fsp3) is 0.391. The van der Waals surface area contributed by atoms with Crippen LogP contribution >= 0.6 is 0 Å². The Labute approximate surface area is 177 Å². The van der Waals surface area contributed by atoms with Crippen molar-refractivity contribution in [1.29, 1.82) is 0 Å². The third kappa shape index (κ3) is 6.77. The van der Waals surface area contributed by atoms with Gasteiger partial charge < -0.3 is 30.0 Å². The summed E-state index contributed by atoms with van der Waals surface area (Å²) in [7, 11) is 3.13. The minimum absolute atomic E-state index is 0.166. The molecule has 0 spiro atoms. The van der Waals surface area contributed by atoms with E-state index in [0.717, 1.165) is 5.56 Å². The first-order valence-corrected chi connectivity index (χ1v) is 9.99. The number of carboxylic acids is 1. The van der Waals surface area contributed by atoms with Crippen molar-refractivity contribution in [3.63, 3.8) is 0 Å². The monoisotopic (exact) mass is 414 g/mol. The minimum atomic E-state index is -1.26. The lowest BCUT2D eigenvalue weighted by atomic mass is 10.0. The molecule has 162 valence electrons. The molecule has 1 atom stereocenters. The first kappa shape index (κ1) is 23.2. The molecule has 30 heavy (non-hydrogen) atoms. The second kappa shape index (κ2) is 11.2. The van der Waals surface area contributed by atoms with Gasteiger partial charge in [-0.3, -0.25) is 4.79 Å². The maximum absolute atomic E-state index is 12.3. The van der Waals surface area contributed by atoms with E-state index in [1.54, 1.807) is 19.5 Å². The molecule has 0 bridgehead atoms. The maximum atomic E-state index is 12.3. The highest BCUT2D eigenvalue weighted by molar-refractivity contribution is 5.93. The van der Waals surface area contributed by atoms with Crippen LogP contribution in [0.1, 0.15) is 37.3 Å². The fourth-order valence-corrected chi connectivity index (χ4v) is 3.11. The van der Waals surface area contributed by atoms with Gasteiger partial charge in [0.2, 0.25) is 5.91 Å². The smallest absolute Gasteiger partial charge is 0.230 e. The Bertz CT molecular complexity index is 849. The third-order valence-corrected chi connectivity index (χ3v) is 4.90. The number of quaternary nitrogens is 1. The van der Waals surface area contributed by atoms with Gasteiger partial charge in [0, 0.05) is 12.1 Å². The highest BCUT2D eigenvalue weighted by Crippen LogP contribution is 2.27. The molecule has 0 fully saturated rings. The summed E-state index contributed by atoms with van der Waals surface area (Å²) < 4.78 is 10.5. The summed E-state index contributed by atoms with van der Waals surface area (Å²) in [4.78, 5) is 23.8. The van der Waals surface area contributed by atoms with Gasteiger partial charge in [-0.1, -0.05) is 32.0 Å². The van der Waals surface area contributed by atoms with E-state index >= 15 is 0 Å². The molecule has 0 radical (unpaired) electrons. The molecule has 1 amide bonds. The number of nitrogens with two attached hydrogens (primary N) is 1. The van der Waals surface area contributed by atoms with Gasteiger partial charge in [-0.05, 0) is 41.3 Å². The average Bonchev–Trinajstić information content (AvgIpc) is 2.73. The highest BCUT2D eigenvalue weighted by atomic mass is 16.5. The Morgan fingerprint density at radius 1 is 1.03 bits per heavy atom. The number of hydrogen-bond donors (Lipinski definition) is 2. The van der Waals surface area contributed by atoms with Gasteiger partial charge in [-0.15, -0.1) is 0 Å². The van der Waals surface area contributed by atoms with Gasteiger partial charge in [-0.2, -0.15) is 0 Å². The molecular weight excluding hydrogens is 384 g/mol. The van der Waals surface area contributed by atoms with Crippen molar-refractivity contribution in [3.8, 4) is 11.5 Å². The summed E-state index contributed by atoms with van der Waals surface area (Å²) in [6.45, 7) is 4.68. The molecule has 0 aliphatic carbocycles. The van der Waals surface area contributed by atoms with Gasteiger partial charge in [0.05, 0.1) is 33.2 Å². The number of carbonyl (C=O) groups is 2. The number of benzene rings is 2. The summed E-state index contributed by atoms with van der Waals surface area (Å²) >= 11 is 0. The molecule has 0 unspecified atom stereocenters. The molecule has 0 aliphatic rings. The largest absolute Gasteiger partial charge is 0.544 e. The molecule has 0 heterocycles. The SMILES string of the molecule is COc1ccc(CC[NH2+][C@@H](CC(=O)Nc2ccc(C(C)C)cc2)C(=O)[O-])cc1OC. The van der Waals surface area contributed by atoms with E-state index in [4.69, 9.17) is 9.47 Å². The lowest BCUT2D eigenvalue weighted by Crippen LogP contribution is -2.93. The van der Waals surface area contributed by atoms with E-state index in [2.05, 4.69) is 19.2 Å². The Kier molecular flexibility index (Phi) is 8.68. The number of ether oxygens (including phenoxy) is 2. The Hall–Kier alpha value is -3.06. The minimum Gasteiger partial charge on any atom is -0.544 e. The van der Waals surface area contributed by atoms with Gasteiger partial charge >= 0.3 is 0 Å². The standard InChI is InChI=1S/C23H30N2O5/c1-15(2)17-6-8-18(9-7-17)25-22(26)14-19(23(27)28)24-12-11-16-5-10-20(29-3)21(13-16)30-4/h5-10,13,15,19,24H,11-12,14H2,1-4H3,(H,25,26)(H,27,28)/t19-/m0/s1. The van der Waals surface area contributed by atoms with Crippen LogP contribution in [-0.2, 0) is 16.0 Å². The Morgan fingerprint density at radius 2 is 1.70 bits per heavy atom. The second-order valence-electron chi connectivity index (χ2n) is 7.42. The zero-order valence-corrected chi connectivity index (χ0v) is 17.9. The number of methoxy groups -OCH3 is 2. The van der Waals surface area contributed by atoms with E-state index in [1.807, 2.05) is 42.5 Å². The lowest BCUT2D eigenvalue weighted by molar-refractivity contribution is -0.682. The molecule has 2 rings (SSSR count). The maximum Gasteiger partial charge on any atom is 0.230 e. The van der Waals surface area contributed by atoms with Crippen LogP contribution in [0.3, 0.4) is 0 Å². The summed E-state index contributed by atoms with van der Waals surface area (Å²) in [5.41, 5.74) is 2.80. The number of carboxylic acid groups (broad SMARTS) is 1. The molecule has 7 heteroatoms. The fourth-order valence-electron chi connectivity index (χ4n) is 3.11. The number of carbonyl (C=O) groups excluding carboxylic acids is 2. The van der Waals surface area contributed by atoms with Crippen molar-refractivity contribution in [2.45, 2.75) is 38.6 Å². The Balaban J connectivity index is 1.88. The number of anilines is 1. The van der Waals surface area contributed by atoms with Crippen molar-refractivity contribution in [1.82, 2.24) is 0 Å².